The van der Waals surface area contributed by atoms with Gasteiger partial charge in [-0.3, -0.25) is 0 Å². The van der Waals surface area contributed by atoms with Gasteiger partial charge in [0.05, 0.1) is 15.7 Å². The second-order valence-electron chi connectivity index (χ2n) is 4.22. The second-order valence-corrected chi connectivity index (χ2v) is 5.39. The van der Waals surface area contributed by atoms with E-state index in [0.717, 1.165) is 12.1 Å². The Labute approximate surface area is 133 Å². The van der Waals surface area contributed by atoms with Crippen molar-refractivity contribution in [2.75, 3.05) is 5.32 Å². The maximum absolute atomic E-state index is 13.2. The van der Waals surface area contributed by atoms with Crippen molar-refractivity contribution >= 4 is 52.1 Å². The van der Waals surface area contributed by atoms with Crippen LogP contribution >= 0.6 is 34.8 Å². The maximum atomic E-state index is 13.2. The van der Waals surface area contributed by atoms with Crippen molar-refractivity contribution in [3.63, 3.8) is 0 Å². The fourth-order valence-corrected chi connectivity index (χ4v) is 2.54. The molecule has 3 rings (SSSR count). The van der Waals surface area contributed by atoms with Gasteiger partial charge in [0.1, 0.15) is 23.1 Å². The summed E-state index contributed by atoms with van der Waals surface area (Å²) < 4.78 is 14.7. The highest BCUT2D eigenvalue weighted by Gasteiger charge is 2.16. The lowest BCUT2D eigenvalue weighted by Gasteiger charge is -2.14. The predicted molar refractivity (Wildman–Crippen MR) is 80.2 cm³/mol. The molecule has 21 heavy (non-hydrogen) atoms. The average molecular weight is 347 g/mol. The van der Waals surface area contributed by atoms with Gasteiger partial charge in [-0.15, -0.1) is 0 Å². The molecule has 1 aromatic carbocycles. The molecule has 0 spiro atoms. The van der Waals surface area contributed by atoms with E-state index in [1.165, 1.54) is 10.8 Å². The van der Waals surface area contributed by atoms with E-state index in [1.54, 1.807) is 6.92 Å². The smallest absolute Gasteiger partial charge is 0.255 e. The van der Waals surface area contributed by atoms with Gasteiger partial charge >= 0.3 is 0 Å². The lowest BCUT2D eigenvalue weighted by atomic mass is 10.3. The summed E-state index contributed by atoms with van der Waals surface area (Å²) in [6, 6.07) is 2.32. The van der Waals surface area contributed by atoms with Crippen LogP contribution in [0, 0.1) is 12.7 Å². The first-order chi connectivity index (χ1) is 9.97. The summed E-state index contributed by atoms with van der Waals surface area (Å²) in [4.78, 5) is 8.06. The van der Waals surface area contributed by atoms with Gasteiger partial charge in [-0.05, 0) is 19.1 Å². The molecule has 0 aliphatic heterocycles. The van der Waals surface area contributed by atoms with Gasteiger partial charge in [0, 0.05) is 5.56 Å². The molecule has 2 heterocycles. The molecular formula is C12H7Cl3FN5. The molecule has 0 aliphatic carbocycles. The van der Waals surface area contributed by atoms with Crippen molar-refractivity contribution in [3.8, 4) is 0 Å². The highest BCUT2D eigenvalue weighted by molar-refractivity contribution is 6.39. The monoisotopic (exact) mass is 345 g/mol. The SMILES string of the molecule is Cc1c(Cl)nc2ncnn2c1Nc1c(Cl)cc(F)cc1Cl. The van der Waals surface area contributed by atoms with E-state index in [9.17, 15) is 4.39 Å². The van der Waals surface area contributed by atoms with Crippen LogP contribution in [0.5, 0.6) is 0 Å². The van der Waals surface area contributed by atoms with Crippen LogP contribution in [-0.2, 0) is 0 Å². The summed E-state index contributed by atoms with van der Waals surface area (Å²) >= 11 is 18.1. The molecule has 5 nitrogen and oxygen atoms in total. The van der Waals surface area contributed by atoms with E-state index in [2.05, 4.69) is 20.4 Å². The molecule has 0 amide bonds. The van der Waals surface area contributed by atoms with Crippen LogP contribution in [0.25, 0.3) is 5.78 Å². The minimum atomic E-state index is -0.522. The topological polar surface area (TPSA) is 55.1 Å². The average Bonchev–Trinajstić information content (AvgIpc) is 2.85. The predicted octanol–water partition coefficient (Wildman–Crippen LogP) is 4.28. The normalized spacial score (nSPS) is 11.1. The molecular weight excluding hydrogens is 340 g/mol. The van der Waals surface area contributed by atoms with Crippen LogP contribution < -0.4 is 5.32 Å². The zero-order chi connectivity index (χ0) is 15.1. The van der Waals surface area contributed by atoms with Gasteiger partial charge in [-0.1, -0.05) is 34.8 Å². The number of halogens is 4. The first kappa shape index (κ1) is 14.3. The molecule has 0 atom stereocenters. The van der Waals surface area contributed by atoms with Crippen molar-refractivity contribution < 1.29 is 4.39 Å². The summed E-state index contributed by atoms with van der Waals surface area (Å²) in [7, 11) is 0. The van der Waals surface area contributed by atoms with E-state index in [1.807, 2.05) is 0 Å². The van der Waals surface area contributed by atoms with Crippen molar-refractivity contribution in [2.24, 2.45) is 0 Å². The molecule has 0 fully saturated rings. The third-order valence-electron chi connectivity index (χ3n) is 2.85. The number of benzene rings is 1. The van der Waals surface area contributed by atoms with Crippen molar-refractivity contribution in [1.82, 2.24) is 19.6 Å². The third kappa shape index (κ3) is 2.50. The zero-order valence-electron chi connectivity index (χ0n) is 10.5. The first-order valence-corrected chi connectivity index (χ1v) is 6.88. The van der Waals surface area contributed by atoms with E-state index >= 15 is 0 Å². The molecule has 0 radical (unpaired) electrons. The van der Waals surface area contributed by atoms with Crippen molar-refractivity contribution in [3.05, 3.63) is 45.0 Å². The van der Waals surface area contributed by atoms with Crippen LogP contribution in [0.1, 0.15) is 5.56 Å². The van der Waals surface area contributed by atoms with Crippen LogP contribution in [0.4, 0.5) is 15.9 Å². The Morgan fingerprint density at radius 3 is 2.52 bits per heavy atom. The van der Waals surface area contributed by atoms with Gasteiger partial charge in [-0.2, -0.15) is 19.6 Å². The van der Waals surface area contributed by atoms with Gasteiger partial charge < -0.3 is 5.32 Å². The fraction of sp³-hybridized carbons (Fsp3) is 0.0833. The van der Waals surface area contributed by atoms with E-state index in [4.69, 9.17) is 34.8 Å². The number of rotatable bonds is 2. The highest BCUT2D eigenvalue weighted by Crippen LogP contribution is 2.35. The Hall–Kier alpha value is -1.63. The highest BCUT2D eigenvalue weighted by atomic mass is 35.5. The third-order valence-corrected chi connectivity index (χ3v) is 3.82. The molecule has 9 heteroatoms. The van der Waals surface area contributed by atoms with Crippen molar-refractivity contribution in [2.45, 2.75) is 6.92 Å². The van der Waals surface area contributed by atoms with Crippen LogP contribution in [0.2, 0.25) is 15.2 Å². The summed E-state index contributed by atoms with van der Waals surface area (Å²) in [6.45, 7) is 1.75. The lowest BCUT2D eigenvalue weighted by molar-refractivity contribution is 0.628. The Morgan fingerprint density at radius 1 is 1.19 bits per heavy atom. The number of hydrogen-bond acceptors (Lipinski definition) is 4. The minimum Gasteiger partial charge on any atom is -0.337 e. The molecule has 0 aliphatic rings. The lowest BCUT2D eigenvalue weighted by Crippen LogP contribution is -2.06. The molecule has 0 saturated heterocycles. The van der Waals surface area contributed by atoms with Gasteiger partial charge in [0.25, 0.3) is 5.78 Å². The fourth-order valence-electron chi connectivity index (χ4n) is 1.82. The molecule has 0 bridgehead atoms. The van der Waals surface area contributed by atoms with Crippen LogP contribution in [0.3, 0.4) is 0 Å². The molecule has 0 unspecified atom stereocenters. The number of aromatic nitrogens is 4. The number of anilines is 2. The van der Waals surface area contributed by atoms with Crippen LogP contribution in [0.15, 0.2) is 18.5 Å². The second kappa shape index (κ2) is 5.29. The van der Waals surface area contributed by atoms with E-state index < -0.39 is 5.82 Å². The number of hydrogen-bond donors (Lipinski definition) is 1. The number of nitrogens with zero attached hydrogens (tertiary/aromatic N) is 4. The quantitative estimate of drug-likeness (QED) is 0.704. The number of fused-ring (bicyclic) bond motifs is 1. The molecule has 2 aromatic heterocycles. The molecule has 1 N–H and O–H groups in total. The molecule has 0 saturated carbocycles. The van der Waals surface area contributed by atoms with Crippen LogP contribution in [-0.4, -0.2) is 19.6 Å². The Bertz CT molecular complexity index is 825. The van der Waals surface area contributed by atoms with Gasteiger partial charge in [-0.25, -0.2) is 4.39 Å². The largest absolute Gasteiger partial charge is 0.337 e. The number of nitrogens with one attached hydrogen (secondary N) is 1. The maximum Gasteiger partial charge on any atom is 0.255 e. The summed E-state index contributed by atoms with van der Waals surface area (Å²) in [6.07, 6.45) is 1.34. The standard InChI is InChI=1S/C12H7Cl3FN5/c1-5-10(15)20-12-17-4-18-21(12)11(5)19-9-7(13)2-6(16)3-8(9)14/h2-4,19H,1H3. The minimum absolute atomic E-state index is 0.139. The summed E-state index contributed by atoms with van der Waals surface area (Å²) in [5, 5.41) is 7.62. The van der Waals surface area contributed by atoms with Crippen molar-refractivity contribution in [1.29, 1.82) is 0 Å². The first-order valence-electron chi connectivity index (χ1n) is 5.75. The molecule has 108 valence electrons. The zero-order valence-corrected chi connectivity index (χ0v) is 12.8. The Balaban J connectivity index is 2.19. The molecule has 3 aromatic rings. The van der Waals surface area contributed by atoms with E-state index in [0.29, 0.717) is 22.8 Å². The Kier molecular flexibility index (Phi) is 3.61. The summed E-state index contributed by atoms with van der Waals surface area (Å²) in [5.74, 6) is 0.298. The summed E-state index contributed by atoms with van der Waals surface area (Å²) in [5.41, 5.74) is 0.980. The van der Waals surface area contributed by atoms with Gasteiger partial charge in [0.2, 0.25) is 0 Å². The van der Waals surface area contributed by atoms with E-state index in [-0.39, 0.29) is 15.2 Å². The van der Waals surface area contributed by atoms with Gasteiger partial charge in [0.15, 0.2) is 0 Å². The Morgan fingerprint density at radius 2 is 1.86 bits per heavy atom.